The molecule has 2 N–H and O–H groups in total. The zero-order chi connectivity index (χ0) is 28.7. The molecule has 4 rings (SSSR count). The zero-order valence-corrected chi connectivity index (χ0v) is 23.2. The van der Waals surface area contributed by atoms with E-state index in [-0.39, 0.29) is 36.5 Å². The third-order valence-electron chi connectivity index (χ3n) is 6.49. The molecule has 9 heteroatoms. The number of amides is 4. The van der Waals surface area contributed by atoms with Gasteiger partial charge in [-0.15, -0.1) is 0 Å². The van der Waals surface area contributed by atoms with E-state index < -0.39 is 5.82 Å². The maximum absolute atomic E-state index is 13.4. The predicted molar refractivity (Wildman–Crippen MR) is 155 cm³/mol. The van der Waals surface area contributed by atoms with Crippen LogP contribution >= 0.6 is 0 Å². The summed E-state index contributed by atoms with van der Waals surface area (Å²) < 4.78 is 13.4. The Bertz CT molecular complexity index is 1300. The maximum Gasteiger partial charge on any atom is 0.317 e. The van der Waals surface area contributed by atoms with Crippen molar-refractivity contribution in [3.8, 4) is 0 Å². The van der Waals surface area contributed by atoms with Gasteiger partial charge in [0, 0.05) is 55.2 Å². The van der Waals surface area contributed by atoms with E-state index in [9.17, 15) is 18.8 Å². The second-order valence-corrected chi connectivity index (χ2v) is 10.9. The molecule has 0 atom stereocenters. The van der Waals surface area contributed by atoms with E-state index in [0.29, 0.717) is 37.4 Å². The molecule has 0 aromatic heterocycles. The van der Waals surface area contributed by atoms with Gasteiger partial charge in [-0.1, -0.05) is 30.3 Å². The number of hydrogen-bond acceptors (Lipinski definition) is 4. The van der Waals surface area contributed by atoms with Crippen molar-refractivity contribution in [2.75, 3.05) is 42.9 Å². The Kier molecular flexibility index (Phi) is 9.04. The van der Waals surface area contributed by atoms with Crippen LogP contribution in [0.5, 0.6) is 0 Å². The third kappa shape index (κ3) is 8.05. The molecule has 8 nitrogen and oxygen atoms in total. The number of nitrogens with zero attached hydrogens (tertiary/aromatic N) is 3. The molecule has 0 spiro atoms. The highest BCUT2D eigenvalue weighted by atomic mass is 19.1. The Balaban J connectivity index is 1.35. The Morgan fingerprint density at radius 3 is 2.08 bits per heavy atom. The van der Waals surface area contributed by atoms with Crippen molar-refractivity contribution in [3.63, 3.8) is 0 Å². The van der Waals surface area contributed by atoms with Crippen molar-refractivity contribution in [2.24, 2.45) is 0 Å². The minimum absolute atomic E-state index is 0.0515. The lowest BCUT2D eigenvalue weighted by Gasteiger charge is -2.37. The Morgan fingerprint density at radius 1 is 0.850 bits per heavy atom. The minimum Gasteiger partial charge on any atom is -0.368 e. The molecule has 1 aliphatic rings. The second-order valence-electron chi connectivity index (χ2n) is 10.9. The highest BCUT2D eigenvalue weighted by molar-refractivity contribution is 5.99. The van der Waals surface area contributed by atoms with Gasteiger partial charge in [-0.2, -0.15) is 0 Å². The van der Waals surface area contributed by atoms with Crippen LogP contribution in [0.3, 0.4) is 0 Å². The average Bonchev–Trinajstić information content (AvgIpc) is 2.93. The van der Waals surface area contributed by atoms with Crippen LogP contribution in [0, 0.1) is 5.82 Å². The van der Waals surface area contributed by atoms with Crippen molar-refractivity contribution in [1.82, 2.24) is 15.1 Å². The highest BCUT2D eigenvalue weighted by Crippen LogP contribution is 2.20. The molecule has 0 bridgehead atoms. The predicted octanol–water partition coefficient (Wildman–Crippen LogP) is 4.74. The summed E-state index contributed by atoms with van der Waals surface area (Å²) >= 11 is 0. The molecular formula is C31H36FN5O3. The molecule has 0 aliphatic carbocycles. The molecule has 1 saturated heterocycles. The Morgan fingerprint density at radius 2 is 1.48 bits per heavy atom. The van der Waals surface area contributed by atoms with Crippen molar-refractivity contribution >= 4 is 29.2 Å². The van der Waals surface area contributed by atoms with Gasteiger partial charge in [0.2, 0.25) is 5.91 Å². The lowest BCUT2D eigenvalue weighted by Crippen LogP contribution is -2.55. The first-order valence-electron chi connectivity index (χ1n) is 13.4. The van der Waals surface area contributed by atoms with Crippen molar-refractivity contribution in [2.45, 2.75) is 32.9 Å². The van der Waals surface area contributed by atoms with E-state index in [1.165, 1.54) is 29.2 Å². The number of nitrogens with one attached hydrogen (secondary N) is 2. The molecule has 0 unspecified atom stereocenters. The summed E-state index contributed by atoms with van der Waals surface area (Å²) in [5.41, 5.74) is 2.54. The van der Waals surface area contributed by atoms with Crippen molar-refractivity contribution in [1.29, 1.82) is 0 Å². The highest BCUT2D eigenvalue weighted by Gasteiger charge is 2.24. The summed E-state index contributed by atoms with van der Waals surface area (Å²) in [6.45, 7) is 8.64. The number of piperazine rings is 1. The summed E-state index contributed by atoms with van der Waals surface area (Å²) in [5.74, 6) is -1.12. The van der Waals surface area contributed by atoms with Crippen molar-refractivity contribution < 1.29 is 18.8 Å². The summed E-state index contributed by atoms with van der Waals surface area (Å²) in [6, 6.07) is 22.2. The fraction of sp³-hybridized carbons (Fsp3) is 0.323. The smallest absolute Gasteiger partial charge is 0.317 e. The molecule has 210 valence electrons. The summed E-state index contributed by atoms with van der Waals surface area (Å²) in [7, 11) is 0. The number of urea groups is 1. The molecule has 0 radical (unpaired) electrons. The number of halogens is 1. The number of hydrogen-bond donors (Lipinski definition) is 2. The van der Waals surface area contributed by atoms with E-state index in [0.717, 1.165) is 11.3 Å². The molecule has 0 saturated carbocycles. The lowest BCUT2D eigenvalue weighted by atomic mass is 10.1. The standard InChI is InChI=1S/C31H36FN5O3/c1-31(2,3)34-30(40)36-19-17-35(18-20-36)27-15-13-26(14-16-27)33-28(38)22-37(21-23-7-5-4-6-8-23)29(39)24-9-11-25(32)12-10-24/h4-16H,17-22H2,1-3H3,(H,33,38)(H,34,40). The summed E-state index contributed by atoms with van der Waals surface area (Å²) in [5, 5.41) is 5.88. The van der Waals surface area contributed by atoms with E-state index >= 15 is 0 Å². The molecule has 3 aromatic carbocycles. The van der Waals surface area contributed by atoms with Crippen LogP contribution < -0.4 is 15.5 Å². The van der Waals surface area contributed by atoms with Gasteiger partial charge in [0.25, 0.3) is 5.91 Å². The van der Waals surface area contributed by atoms with Crippen LogP contribution in [-0.4, -0.2) is 65.9 Å². The molecule has 1 aliphatic heterocycles. The average molecular weight is 546 g/mol. The van der Waals surface area contributed by atoms with Gasteiger partial charge < -0.3 is 25.3 Å². The van der Waals surface area contributed by atoms with Crippen LogP contribution in [-0.2, 0) is 11.3 Å². The number of carbonyl (C=O) groups is 3. The molecule has 40 heavy (non-hydrogen) atoms. The van der Waals surface area contributed by atoms with Gasteiger partial charge >= 0.3 is 6.03 Å². The number of anilines is 2. The van der Waals surface area contributed by atoms with Crippen molar-refractivity contribution in [3.05, 3.63) is 95.8 Å². The molecular weight excluding hydrogens is 509 g/mol. The fourth-order valence-corrected chi connectivity index (χ4v) is 4.48. The molecule has 3 aromatic rings. The third-order valence-corrected chi connectivity index (χ3v) is 6.49. The topological polar surface area (TPSA) is 85.0 Å². The molecule has 1 fully saturated rings. The normalized spacial score (nSPS) is 13.5. The van der Waals surface area contributed by atoms with E-state index in [2.05, 4.69) is 15.5 Å². The number of benzene rings is 3. The van der Waals surface area contributed by atoms with Gasteiger partial charge in [0.15, 0.2) is 0 Å². The second kappa shape index (κ2) is 12.6. The quantitative estimate of drug-likeness (QED) is 0.449. The largest absolute Gasteiger partial charge is 0.368 e. The van der Waals surface area contributed by atoms with Gasteiger partial charge in [-0.05, 0) is 74.9 Å². The van der Waals surface area contributed by atoms with Crippen LogP contribution in [0.4, 0.5) is 20.6 Å². The minimum atomic E-state index is -0.430. The summed E-state index contributed by atoms with van der Waals surface area (Å²) in [6.07, 6.45) is 0. The van der Waals surface area contributed by atoms with E-state index in [4.69, 9.17) is 0 Å². The first kappa shape index (κ1) is 28.6. The van der Waals surface area contributed by atoms with Crippen LogP contribution in [0.15, 0.2) is 78.9 Å². The fourth-order valence-electron chi connectivity index (χ4n) is 4.48. The lowest BCUT2D eigenvalue weighted by molar-refractivity contribution is -0.117. The monoisotopic (exact) mass is 545 g/mol. The number of rotatable bonds is 7. The van der Waals surface area contributed by atoms with Gasteiger partial charge in [0.1, 0.15) is 12.4 Å². The van der Waals surface area contributed by atoms with E-state index in [1.807, 2.05) is 80.3 Å². The molecule has 1 heterocycles. The van der Waals surface area contributed by atoms with E-state index in [1.54, 1.807) is 0 Å². The Hall–Kier alpha value is -4.40. The van der Waals surface area contributed by atoms with Gasteiger partial charge in [-0.3, -0.25) is 9.59 Å². The SMILES string of the molecule is CC(C)(C)NC(=O)N1CCN(c2ccc(NC(=O)CN(Cc3ccccc3)C(=O)c3ccc(F)cc3)cc2)CC1. The first-order chi connectivity index (χ1) is 19.1. The van der Waals surface area contributed by atoms with Crippen LogP contribution in [0.25, 0.3) is 0 Å². The maximum atomic E-state index is 13.4. The zero-order valence-electron chi connectivity index (χ0n) is 23.2. The first-order valence-corrected chi connectivity index (χ1v) is 13.4. The Labute approximate surface area is 234 Å². The van der Waals surface area contributed by atoms with Crippen LogP contribution in [0.2, 0.25) is 0 Å². The van der Waals surface area contributed by atoms with Crippen LogP contribution in [0.1, 0.15) is 36.7 Å². The van der Waals surface area contributed by atoms with Gasteiger partial charge in [0.05, 0.1) is 0 Å². The van der Waals surface area contributed by atoms with Gasteiger partial charge in [-0.25, -0.2) is 9.18 Å². The summed E-state index contributed by atoms with van der Waals surface area (Å²) in [4.78, 5) is 44.1. The molecule has 4 amide bonds. The number of carbonyl (C=O) groups excluding carboxylic acids is 3.